The van der Waals surface area contributed by atoms with Gasteiger partial charge in [-0.05, 0) is 36.2 Å². The number of ether oxygens (including phenoxy) is 2. The number of allylic oxidation sites excluding steroid dienone is 2. The SMILES string of the molecule is COc1ccc(C2C3=C(CCCC3=O)Oc3c2c(=O)oc2ccccc32)cc1. The second-order valence-corrected chi connectivity index (χ2v) is 7.05. The fourth-order valence-corrected chi connectivity index (χ4v) is 4.15. The van der Waals surface area contributed by atoms with Gasteiger partial charge in [-0.25, -0.2) is 4.79 Å². The fourth-order valence-electron chi connectivity index (χ4n) is 4.15. The summed E-state index contributed by atoms with van der Waals surface area (Å²) >= 11 is 0. The molecule has 0 saturated carbocycles. The van der Waals surface area contributed by atoms with E-state index in [4.69, 9.17) is 13.9 Å². The van der Waals surface area contributed by atoms with Gasteiger partial charge in [0, 0.05) is 18.4 Å². The molecule has 1 aromatic heterocycles. The van der Waals surface area contributed by atoms with Crippen LogP contribution in [-0.2, 0) is 4.79 Å². The van der Waals surface area contributed by atoms with E-state index >= 15 is 0 Å². The Morgan fingerprint density at radius 3 is 2.57 bits per heavy atom. The van der Waals surface area contributed by atoms with E-state index in [1.165, 1.54) is 0 Å². The maximum atomic E-state index is 13.0. The number of ketones is 1. The number of benzene rings is 2. The average Bonchev–Trinajstić information content (AvgIpc) is 2.73. The maximum Gasteiger partial charge on any atom is 0.344 e. The third-order valence-corrected chi connectivity index (χ3v) is 5.46. The minimum Gasteiger partial charge on any atom is -0.497 e. The summed E-state index contributed by atoms with van der Waals surface area (Å²) in [7, 11) is 1.60. The van der Waals surface area contributed by atoms with E-state index in [0.717, 1.165) is 17.4 Å². The molecule has 5 heteroatoms. The number of rotatable bonds is 2. The largest absolute Gasteiger partial charge is 0.497 e. The molecule has 28 heavy (non-hydrogen) atoms. The van der Waals surface area contributed by atoms with Crippen LogP contribution in [-0.4, -0.2) is 12.9 Å². The lowest BCUT2D eigenvalue weighted by molar-refractivity contribution is -0.116. The molecule has 0 N–H and O–H groups in total. The quantitative estimate of drug-likeness (QED) is 0.625. The molecule has 140 valence electrons. The zero-order chi connectivity index (χ0) is 19.3. The Bertz CT molecular complexity index is 1180. The molecule has 5 nitrogen and oxygen atoms in total. The van der Waals surface area contributed by atoms with Crippen molar-refractivity contribution in [2.45, 2.75) is 25.2 Å². The lowest BCUT2D eigenvalue weighted by Crippen LogP contribution is -2.29. The summed E-state index contributed by atoms with van der Waals surface area (Å²) in [6, 6.07) is 14.8. The molecule has 1 unspecified atom stereocenters. The fraction of sp³-hybridized carbons (Fsp3) is 0.217. The Balaban J connectivity index is 1.82. The molecule has 2 aromatic carbocycles. The highest BCUT2D eigenvalue weighted by molar-refractivity contribution is 6.00. The number of Topliss-reactive ketones (excluding diaryl/α,β-unsaturated/α-hetero) is 1. The highest BCUT2D eigenvalue weighted by Crippen LogP contribution is 2.47. The Kier molecular flexibility index (Phi) is 3.83. The molecule has 0 amide bonds. The first-order valence-electron chi connectivity index (χ1n) is 9.31. The highest BCUT2D eigenvalue weighted by atomic mass is 16.5. The van der Waals surface area contributed by atoms with Gasteiger partial charge < -0.3 is 13.9 Å². The summed E-state index contributed by atoms with van der Waals surface area (Å²) in [4.78, 5) is 25.8. The Morgan fingerprint density at radius 1 is 1.00 bits per heavy atom. The van der Waals surface area contributed by atoms with E-state index in [1.807, 2.05) is 42.5 Å². The summed E-state index contributed by atoms with van der Waals surface area (Å²) < 4.78 is 17.0. The summed E-state index contributed by atoms with van der Waals surface area (Å²) in [6.45, 7) is 0. The number of hydrogen-bond donors (Lipinski definition) is 0. The van der Waals surface area contributed by atoms with Gasteiger partial charge in [0.25, 0.3) is 0 Å². The van der Waals surface area contributed by atoms with Crippen molar-refractivity contribution in [1.82, 2.24) is 0 Å². The second-order valence-electron chi connectivity index (χ2n) is 7.05. The first-order chi connectivity index (χ1) is 13.7. The van der Waals surface area contributed by atoms with Crippen LogP contribution in [0, 0.1) is 0 Å². The molecule has 2 heterocycles. The van der Waals surface area contributed by atoms with E-state index < -0.39 is 11.5 Å². The molecule has 0 bridgehead atoms. The van der Waals surface area contributed by atoms with Gasteiger partial charge in [0.2, 0.25) is 0 Å². The number of hydrogen-bond acceptors (Lipinski definition) is 5. The van der Waals surface area contributed by atoms with Gasteiger partial charge >= 0.3 is 5.63 Å². The summed E-state index contributed by atoms with van der Waals surface area (Å²) in [5.74, 6) is 1.41. The topological polar surface area (TPSA) is 65.7 Å². The number of carbonyl (C=O) groups excluding carboxylic acids is 1. The van der Waals surface area contributed by atoms with Crippen LogP contribution in [0.5, 0.6) is 11.5 Å². The Hall–Kier alpha value is -3.34. The smallest absolute Gasteiger partial charge is 0.344 e. The molecular formula is C23H18O5. The van der Waals surface area contributed by atoms with Crippen molar-refractivity contribution in [3.8, 4) is 11.5 Å². The minimum absolute atomic E-state index is 0.0280. The third kappa shape index (κ3) is 2.47. The predicted octanol–water partition coefficient (Wildman–Crippen LogP) is 4.33. The van der Waals surface area contributed by atoms with Gasteiger partial charge in [0.15, 0.2) is 5.78 Å². The lowest BCUT2D eigenvalue weighted by Gasteiger charge is -2.32. The molecule has 2 aliphatic rings. The molecule has 0 saturated heterocycles. The first-order valence-corrected chi connectivity index (χ1v) is 9.31. The van der Waals surface area contributed by atoms with Gasteiger partial charge in [0.1, 0.15) is 22.8 Å². The zero-order valence-electron chi connectivity index (χ0n) is 15.4. The molecule has 3 aromatic rings. The van der Waals surface area contributed by atoms with E-state index in [1.54, 1.807) is 13.2 Å². The summed E-state index contributed by atoms with van der Waals surface area (Å²) in [6.07, 6.45) is 1.90. The average molecular weight is 374 g/mol. The van der Waals surface area contributed by atoms with Crippen molar-refractivity contribution < 1.29 is 18.7 Å². The molecule has 1 aliphatic heterocycles. The first kappa shape index (κ1) is 16.8. The van der Waals surface area contributed by atoms with Crippen LogP contribution in [0.15, 0.2) is 69.1 Å². The van der Waals surface area contributed by atoms with Crippen molar-refractivity contribution in [3.05, 3.63) is 81.4 Å². The van der Waals surface area contributed by atoms with Gasteiger partial charge in [-0.2, -0.15) is 0 Å². The van der Waals surface area contributed by atoms with E-state index in [0.29, 0.717) is 46.8 Å². The van der Waals surface area contributed by atoms with Crippen molar-refractivity contribution in [2.24, 2.45) is 0 Å². The standard InChI is InChI=1S/C23H18O5/c1-26-14-11-9-13(10-12-14)19-20-16(24)6-4-8-18(20)27-22-15-5-2-3-7-17(15)28-23(25)21(19)22/h2-3,5,7,9-12,19H,4,6,8H2,1H3. The third-order valence-electron chi connectivity index (χ3n) is 5.46. The second kappa shape index (κ2) is 6.37. The van der Waals surface area contributed by atoms with Crippen molar-refractivity contribution in [3.63, 3.8) is 0 Å². The number of carbonyl (C=O) groups is 1. The van der Waals surface area contributed by atoms with Crippen LogP contribution >= 0.6 is 0 Å². The zero-order valence-corrected chi connectivity index (χ0v) is 15.4. The molecule has 0 fully saturated rings. The monoisotopic (exact) mass is 374 g/mol. The lowest BCUT2D eigenvalue weighted by atomic mass is 9.77. The molecular weight excluding hydrogens is 356 g/mol. The molecule has 0 spiro atoms. The number of para-hydroxylation sites is 1. The van der Waals surface area contributed by atoms with Crippen LogP contribution in [0.25, 0.3) is 11.0 Å². The molecule has 5 rings (SSSR count). The Morgan fingerprint density at radius 2 is 1.79 bits per heavy atom. The maximum absolute atomic E-state index is 13.0. The van der Waals surface area contributed by atoms with E-state index in [9.17, 15) is 9.59 Å². The Labute approximate surface area is 161 Å². The predicted molar refractivity (Wildman–Crippen MR) is 104 cm³/mol. The molecule has 0 radical (unpaired) electrons. The van der Waals surface area contributed by atoms with Crippen LogP contribution in [0.4, 0.5) is 0 Å². The summed E-state index contributed by atoms with van der Waals surface area (Å²) in [5, 5.41) is 0.736. The van der Waals surface area contributed by atoms with Gasteiger partial charge in [-0.15, -0.1) is 0 Å². The van der Waals surface area contributed by atoms with Crippen molar-refractivity contribution >= 4 is 16.8 Å². The minimum atomic E-state index is -0.502. The van der Waals surface area contributed by atoms with Gasteiger partial charge in [0.05, 0.1) is 24.0 Å². The number of methoxy groups -OCH3 is 1. The molecule has 1 aliphatic carbocycles. The van der Waals surface area contributed by atoms with Crippen LogP contribution in [0.3, 0.4) is 0 Å². The van der Waals surface area contributed by atoms with Gasteiger partial charge in [-0.1, -0.05) is 24.3 Å². The van der Waals surface area contributed by atoms with E-state index in [2.05, 4.69) is 0 Å². The van der Waals surface area contributed by atoms with Gasteiger partial charge in [-0.3, -0.25) is 4.79 Å². The van der Waals surface area contributed by atoms with Crippen molar-refractivity contribution in [1.29, 1.82) is 0 Å². The molecule has 1 atom stereocenters. The summed E-state index contributed by atoms with van der Waals surface area (Å²) in [5.41, 5.74) is 1.81. The van der Waals surface area contributed by atoms with Crippen LogP contribution in [0.1, 0.15) is 36.3 Å². The van der Waals surface area contributed by atoms with E-state index in [-0.39, 0.29) is 5.78 Å². The van der Waals surface area contributed by atoms with Crippen molar-refractivity contribution in [2.75, 3.05) is 7.11 Å². The highest BCUT2D eigenvalue weighted by Gasteiger charge is 2.39. The number of fused-ring (bicyclic) bond motifs is 3. The van der Waals surface area contributed by atoms with Crippen LogP contribution < -0.4 is 15.1 Å². The van der Waals surface area contributed by atoms with Crippen LogP contribution in [0.2, 0.25) is 0 Å². The normalized spacial score (nSPS) is 18.5.